The van der Waals surface area contributed by atoms with Crippen LogP contribution in [0.1, 0.15) is 13.1 Å². The molecular formula is C9H8N2O2. The van der Waals surface area contributed by atoms with Gasteiger partial charge in [0.2, 0.25) is 0 Å². The molecule has 1 aliphatic rings. The molecule has 0 aromatic heterocycles. The predicted octanol–water partition coefficient (Wildman–Crippen LogP) is -0.317. The molecule has 66 valence electrons. The summed E-state index contributed by atoms with van der Waals surface area (Å²) < 4.78 is 19.2. The van der Waals surface area contributed by atoms with E-state index >= 15 is 0 Å². The molecule has 1 aromatic rings. The van der Waals surface area contributed by atoms with Crippen LogP contribution >= 0.6 is 0 Å². The van der Waals surface area contributed by atoms with Crippen molar-refractivity contribution in [3.8, 4) is 0 Å². The van der Waals surface area contributed by atoms with Crippen molar-refractivity contribution < 1.29 is 12.3 Å². The summed E-state index contributed by atoms with van der Waals surface area (Å²) in [5, 5.41) is 0.829. The zero-order valence-electron chi connectivity index (χ0n) is 8.94. The number of benzene rings is 1. The fourth-order valence-corrected chi connectivity index (χ4v) is 1.09. The number of hydrogen-bond donors (Lipinski definition) is 0. The van der Waals surface area contributed by atoms with Gasteiger partial charge in [0.15, 0.2) is 0 Å². The first-order valence-corrected chi connectivity index (χ1v) is 3.70. The maximum atomic E-state index is 11.2. The van der Waals surface area contributed by atoms with Crippen LogP contribution in [0.15, 0.2) is 28.2 Å². The standard InChI is InChI=1S/C9H8N2O2/c1-13-9(12)6-2-3-7-8(4-6)11-5-10-7/h2-4H,5H2,1H3/i5D2. The summed E-state index contributed by atoms with van der Waals surface area (Å²) in [7, 11) is 1.29. The van der Waals surface area contributed by atoms with Crippen molar-refractivity contribution in [2.45, 2.75) is 0 Å². The van der Waals surface area contributed by atoms with Gasteiger partial charge in [-0.15, -0.1) is 0 Å². The van der Waals surface area contributed by atoms with E-state index in [0.717, 1.165) is 0 Å². The van der Waals surface area contributed by atoms with Gasteiger partial charge in [-0.3, -0.25) is 9.98 Å². The normalized spacial score (nSPS) is 18.8. The number of fused-ring (bicyclic) bond motifs is 1. The summed E-state index contributed by atoms with van der Waals surface area (Å²) in [6, 6.07) is 4.55. The van der Waals surface area contributed by atoms with Crippen molar-refractivity contribution in [1.29, 1.82) is 0 Å². The molecule has 0 saturated carbocycles. The fraction of sp³-hybridized carbons (Fsp3) is 0.222. The Morgan fingerprint density at radius 1 is 1.54 bits per heavy atom. The van der Waals surface area contributed by atoms with E-state index < -0.39 is 12.6 Å². The van der Waals surface area contributed by atoms with Crippen molar-refractivity contribution in [2.24, 2.45) is 9.98 Å². The second-order valence-electron chi connectivity index (χ2n) is 2.52. The Hall–Kier alpha value is -1.71. The number of methoxy groups -OCH3 is 1. The first-order valence-electron chi connectivity index (χ1n) is 4.70. The first-order chi connectivity index (χ1) is 7.02. The van der Waals surface area contributed by atoms with Crippen LogP contribution < -0.4 is 10.7 Å². The lowest BCUT2D eigenvalue weighted by Gasteiger charge is -1.96. The zero-order chi connectivity index (χ0) is 11.1. The minimum Gasteiger partial charge on any atom is -0.465 e. The molecule has 0 aliphatic carbocycles. The summed E-state index contributed by atoms with van der Waals surface area (Å²) >= 11 is 0. The van der Waals surface area contributed by atoms with Crippen LogP contribution in [0.2, 0.25) is 0 Å². The molecule has 13 heavy (non-hydrogen) atoms. The van der Waals surface area contributed by atoms with Crippen molar-refractivity contribution >= 4 is 5.97 Å². The summed E-state index contributed by atoms with van der Waals surface area (Å²) in [6.45, 7) is -1.92. The molecule has 1 aromatic carbocycles. The third-order valence-electron chi connectivity index (χ3n) is 1.74. The summed E-state index contributed by atoms with van der Waals surface area (Å²) in [5.41, 5.74) is 0.341. The molecule has 0 atom stereocenters. The topological polar surface area (TPSA) is 51.0 Å². The summed E-state index contributed by atoms with van der Waals surface area (Å²) in [6.07, 6.45) is 0. The van der Waals surface area contributed by atoms with Crippen LogP contribution in [0.4, 0.5) is 0 Å². The lowest BCUT2D eigenvalue weighted by Crippen LogP contribution is -2.23. The largest absolute Gasteiger partial charge is 0.465 e. The Balaban J connectivity index is 2.57. The number of carbonyl (C=O) groups excluding carboxylic acids is 1. The number of ether oxygens (including phenoxy) is 1. The molecule has 0 amide bonds. The average Bonchev–Trinajstić information content (AvgIpc) is 2.49. The number of nitrogens with zero attached hydrogens (tertiary/aromatic N) is 2. The smallest absolute Gasteiger partial charge is 0.337 e. The van der Waals surface area contributed by atoms with Gasteiger partial charge in [-0.2, -0.15) is 0 Å². The lowest BCUT2D eigenvalue weighted by molar-refractivity contribution is 0.0600. The Kier molecular flexibility index (Phi) is 1.34. The van der Waals surface area contributed by atoms with Crippen LogP contribution in [0.3, 0.4) is 0 Å². The average molecular weight is 178 g/mol. The Labute approximate surface area is 77.4 Å². The van der Waals surface area contributed by atoms with E-state index in [9.17, 15) is 4.79 Å². The minimum absolute atomic E-state index is 0.341. The van der Waals surface area contributed by atoms with Gasteiger partial charge in [-0.05, 0) is 18.2 Å². The van der Waals surface area contributed by atoms with Gasteiger partial charge < -0.3 is 4.74 Å². The fourth-order valence-electron chi connectivity index (χ4n) is 1.09. The quantitative estimate of drug-likeness (QED) is 0.553. The van der Waals surface area contributed by atoms with Crippen LogP contribution in [0.5, 0.6) is 0 Å². The number of hydrogen-bond acceptors (Lipinski definition) is 4. The molecule has 0 unspecified atom stereocenters. The molecule has 1 heterocycles. The molecule has 2 rings (SSSR count). The zero-order valence-corrected chi connectivity index (χ0v) is 6.94. The minimum atomic E-state index is -1.92. The van der Waals surface area contributed by atoms with Crippen LogP contribution in [0.25, 0.3) is 0 Å². The first kappa shape index (κ1) is 5.85. The highest BCUT2D eigenvalue weighted by Gasteiger charge is 2.06. The van der Waals surface area contributed by atoms with Crippen molar-refractivity contribution in [2.75, 3.05) is 13.7 Å². The SMILES string of the molecule is [2H]C1([2H])N=c2ccc(C(=O)OC)cc2=N1. The molecule has 0 bridgehead atoms. The molecule has 0 saturated heterocycles. The van der Waals surface area contributed by atoms with Gasteiger partial charge in [-0.1, -0.05) is 0 Å². The third kappa shape index (κ3) is 1.30. The van der Waals surface area contributed by atoms with E-state index in [1.165, 1.54) is 19.2 Å². The summed E-state index contributed by atoms with van der Waals surface area (Å²) in [5.74, 6) is -0.472. The van der Waals surface area contributed by atoms with Gasteiger partial charge in [0, 0.05) is 0 Å². The Morgan fingerprint density at radius 3 is 3.08 bits per heavy atom. The van der Waals surface area contributed by atoms with Crippen LogP contribution in [-0.4, -0.2) is 19.7 Å². The van der Waals surface area contributed by atoms with E-state index in [2.05, 4.69) is 14.7 Å². The van der Waals surface area contributed by atoms with Crippen LogP contribution in [0, 0.1) is 0 Å². The maximum Gasteiger partial charge on any atom is 0.337 e. The maximum absolute atomic E-state index is 11.2. The number of esters is 1. The Morgan fingerprint density at radius 2 is 2.31 bits per heavy atom. The Bertz CT molecular complexity index is 540. The third-order valence-corrected chi connectivity index (χ3v) is 1.74. The molecular weight excluding hydrogens is 168 g/mol. The second-order valence-corrected chi connectivity index (χ2v) is 2.52. The van der Waals surface area contributed by atoms with E-state index in [4.69, 9.17) is 2.74 Å². The van der Waals surface area contributed by atoms with Gasteiger partial charge in [-0.25, -0.2) is 4.79 Å². The molecule has 4 nitrogen and oxygen atoms in total. The van der Waals surface area contributed by atoms with Gasteiger partial charge in [0.1, 0.15) is 6.62 Å². The number of carbonyl (C=O) groups is 1. The van der Waals surface area contributed by atoms with Gasteiger partial charge >= 0.3 is 5.97 Å². The lowest BCUT2D eigenvalue weighted by atomic mass is 10.2. The van der Waals surface area contributed by atoms with Gasteiger partial charge in [0.25, 0.3) is 0 Å². The highest BCUT2D eigenvalue weighted by molar-refractivity contribution is 5.89. The molecule has 0 N–H and O–H groups in total. The molecule has 1 aliphatic heterocycles. The van der Waals surface area contributed by atoms with E-state index in [1.807, 2.05) is 0 Å². The number of rotatable bonds is 1. The molecule has 0 fully saturated rings. The van der Waals surface area contributed by atoms with E-state index in [0.29, 0.717) is 16.3 Å². The van der Waals surface area contributed by atoms with E-state index in [-0.39, 0.29) is 0 Å². The second kappa shape index (κ2) is 2.97. The highest BCUT2D eigenvalue weighted by Crippen LogP contribution is 1.95. The molecule has 4 heteroatoms. The van der Waals surface area contributed by atoms with Gasteiger partial charge in [0.05, 0.1) is 26.1 Å². The highest BCUT2D eigenvalue weighted by atomic mass is 16.5. The molecule has 0 radical (unpaired) electrons. The molecule has 0 spiro atoms. The van der Waals surface area contributed by atoms with Crippen molar-refractivity contribution in [3.63, 3.8) is 0 Å². The monoisotopic (exact) mass is 178 g/mol. The summed E-state index contributed by atoms with van der Waals surface area (Å²) in [4.78, 5) is 18.6. The van der Waals surface area contributed by atoms with E-state index in [1.54, 1.807) is 6.07 Å². The van der Waals surface area contributed by atoms with Crippen molar-refractivity contribution in [3.05, 3.63) is 34.5 Å². The predicted molar refractivity (Wildman–Crippen MR) is 45.0 cm³/mol. The van der Waals surface area contributed by atoms with Crippen LogP contribution in [-0.2, 0) is 4.74 Å². The van der Waals surface area contributed by atoms with Crippen molar-refractivity contribution in [1.82, 2.24) is 0 Å².